The molecular weight excluding hydrogens is 890 g/mol. The smallest absolute Gasteiger partial charge is 0.261 e. The highest BCUT2D eigenvalue weighted by Gasteiger charge is 2.29. The number of halogens is 3. The summed E-state index contributed by atoms with van der Waals surface area (Å²) in [6, 6.07) is 25.2. The van der Waals surface area contributed by atoms with Gasteiger partial charge in [-0.05, 0) is 83.9 Å². The molecular formula is C40H43ClF2N8O6S4. The second-order valence-electron chi connectivity index (χ2n) is 13.5. The second kappa shape index (κ2) is 21.3. The first-order chi connectivity index (χ1) is 29.3. The highest BCUT2D eigenvalue weighted by atomic mass is 35.7. The zero-order valence-electron chi connectivity index (χ0n) is 33.2. The quantitative estimate of drug-likeness (QED) is 0.149. The van der Waals surface area contributed by atoms with Crippen molar-refractivity contribution in [1.29, 1.82) is 0 Å². The molecule has 2 fully saturated rings. The van der Waals surface area contributed by atoms with Gasteiger partial charge in [-0.3, -0.25) is 0 Å². The summed E-state index contributed by atoms with van der Waals surface area (Å²) in [5.41, 5.74) is 1.72. The van der Waals surface area contributed by atoms with Crippen molar-refractivity contribution in [3.63, 3.8) is 0 Å². The summed E-state index contributed by atoms with van der Waals surface area (Å²) < 4.78 is 93.9. The molecule has 0 radical (unpaired) electrons. The molecule has 2 saturated heterocycles. The van der Waals surface area contributed by atoms with Crippen LogP contribution in [0.3, 0.4) is 0 Å². The van der Waals surface area contributed by atoms with Gasteiger partial charge in [0, 0.05) is 98.9 Å². The molecule has 8 rings (SSSR count). The van der Waals surface area contributed by atoms with E-state index in [0.717, 1.165) is 53.4 Å². The van der Waals surface area contributed by atoms with Crippen LogP contribution in [0.1, 0.15) is 22.8 Å². The molecule has 14 nitrogen and oxygen atoms in total. The first kappa shape index (κ1) is 45.7. The largest absolute Gasteiger partial charge is 0.497 e. The van der Waals surface area contributed by atoms with Gasteiger partial charge >= 0.3 is 0 Å². The molecule has 2 aliphatic heterocycles. The zero-order chi connectivity index (χ0) is 43.4. The summed E-state index contributed by atoms with van der Waals surface area (Å²) in [7, 11) is 0.971. The predicted molar refractivity (Wildman–Crippen MR) is 233 cm³/mol. The van der Waals surface area contributed by atoms with E-state index in [-0.39, 0.29) is 21.4 Å². The maximum atomic E-state index is 13.4. The van der Waals surface area contributed by atoms with Crippen molar-refractivity contribution in [2.45, 2.75) is 22.6 Å². The van der Waals surface area contributed by atoms with Crippen LogP contribution in [0.2, 0.25) is 0 Å². The minimum atomic E-state index is -3.61. The Bertz CT molecular complexity index is 2550. The molecule has 0 saturated carbocycles. The van der Waals surface area contributed by atoms with Crippen LogP contribution in [0, 0.1) is 11.6 Å². The number of nitrogens with one attached hydrogen (secondary N) is 1. The summed E-state index contributed by atoms with van der Waals surface area (Å²) >= 11 is 2.70. The monoisotopic (exact) mass is 932 g/mol. The number of rotatable bonds is 11. The Morgan fingerprint density at radius 3 is 1.51 bits per heavy atom. The molecule has 2 aromatic heterocycles. The van der Waals surface area contributed by atoms with Gasteiger partial charge in [0.05, 0.1) is 24.0 Å². The number of hydrogen-bond acceptors (Lipinski definition) is 15. The molecule has 0 bridgehead atoms. The first-order valence-corrected chi connectivity index (χ1v) is 24.2. The lowest BCUT2D eigenvalue weighted by molar-refractivity contribution is 0.384. The van der Waals surface area contributed by atoms with Crippen LogP contribution in [-0.4, -0.2) is 106 Å². The van der Waals surface area contributed by atoms with Gasteiger partial charge in [0.1, 0.15) is 34.8 Å². The van der Waals surface area contributed by atoms with Crippen molar-refractivity contribution in [2.75, 3.05) is 76.4 Å². The van der Waals surface area contributed by atoms with Gasteiger partial charge in [-0.15, -0.1) is 0 Å². The number of anilines is 2. The number of sulfonamides is 1. The van der Waals surface area contributed by atoms with E-state index in [0.29, 0.717) is 56.3 Å². The van der Waals surface area contributed by atoms with E-state index >= 15 is 0 Å². The standard InChI is InChI=1S/C20H21FN4O3S2.C13H15FN4S.C7H7ClO3S/c1-28-17-5-7-18(8-6-17)30(26,27)25-11-9-24(10-12-25)20-22-19(23-29-20)14-15-3-2-4-16(21)13-15;14-11-3-1-2-10(8-11)9-12-16-13(19-17-12)18-6-4-15-5-7-18;1-11-6-2-4-7(5-3-6)12(8,9)10/h2-8,13H,9-12,14H2,1H3;1-3,8,15H,4-7,9H2;2-5H,1H3. The third-order valence-electron chi connectivity index (χ3n) is 9.35. The van der Waals surface area contributed by atoms with Gasteiger partial charge in [-0.2, -0.15) is 13.1 Å². The first-order valence-electron chi connectivity index (χ1n) is 18.9. The Labute approximate surface area is 366 Å². The topological polar surface area (TPSA) is 160 Å². The predicted octanol–water partition coefficient (Wildman–Crippen LogP) is 6.09. The highest BCUT2D eigenvalue weighted by Crippen LogP contribution is 2.25. The minimum Gasteiger partial charge on any atom is -0.497 e. The number of ether oxygens (including phenoxy) is 2. The van der Waals surface area contributed by atoms with Crippen molar-refractivity contribution in [2.24, 2.45) is 0 Å². The molecule has 0 amide bonds. The lowest BCUT2D eigenvalue weighted by Gasteiger charge is -2.33. The molecule has 2 aliphatic rings. The molecule has 6 aromatic rings. The molecule has 1 N–H and O–H groups in total. The van der Waals surface area contributed by atoms with Gasteiger partial charge in [0.15, 0.2) is 0 Å². The second-order valence-corrected chi connectivity index (χ2v) is 19.5. The average molecular weight is 934 g/mol. The normalized spacial score (nSPS) is 14.6. The molecule has 4 aromatic carbocycles. The number of benzene rings is 4. The molecule has 0 unspecified atom stereocenters. The van der Waals surface area contributed by atoms with E-state index < -0.39 is 19.1 Å². The molecule has 0 aliphatic carbocycles. The Balaban J connectivity index is 0.000000171. The molecule has 0 atom stereocenters. The Hall–Kier alpha value is -4.83. The van der Waals surface area contributed by atoms with Gasteiger partial charge < -0.3 is 24.6 Å². The van der Waals surface area contributed by atoms with Crippen LogP contribution in [0.15, 0.2) is 107 Å². The van der Waals surface area contributed by atoms with Crippen LogP contribution < -0.4 is 24.6 Å². The summed E-state index contributed by atoms with van der Waals surface area (Å²) in [5.74, 6) is 2.12. The number of aromatic nitrogens is 4. The molecule has 0 spiro atoms. The van der Waals surface area contributed by atoms with E-state index in [1.54, 1.807) is 43.5 Å². The average Bonchev–Trinajstić information content (AvgIpc) is 3.94. The van der Waals surface area contributed by atoms with Crippen molar-refractivity contribution in [1.82, 2.24) is 28.3 Å². The number of nitrogens with zero attached hydrogens (tertiary/aromatic N) is 7. The third-order valence-corrected chi connectivity index (χ3v) is 14.3. The summed E-state index contributed by atoms with van der Waals surface area (Å²) in [6.45, 7) is 5.70. The highest BCUT2D eigenvalue weighted by molar-refractivity contribution is 8.13. The van der Waals surface area contributed by atoms with Gasteiger partial charge in [-0.25, -0.2) is 35.6 Å². The number of hydrogen-bond donors (Lipinski definition) is 1. The molecule has 324 valence electrons. The SMILES string of the molecule is COc1ccc(S(=O)(=O)Cl)cc1.COc1ccc(S(=O)(=O)N2CCN(c3nc(Cc4cccc(F)c4)ns3)CC2)cc1.Fc1cccc(Cc2nsc(N3CCNCC3)n2)c1. The Morgan fingerprint density at radius 1 is 0.639 bits per heavy atom. The Kier molecular flexibility index (Phi) is 16.0. The van der Waals surface area contributed by atoms with E-state index in [4.69, 9.17) is 20.2 Å². The molecule has 61 heavy (non-hydrogen) atoms. The summed E-state index contributed by atoms with van der Waals surface area (Å²) in [5, 5.41) is 5.03. The van der Waals surface area contributed by atoms with Crippen LogP contribution >= 0.6 is 33.7 Å². The van der Waals surface area contributed by atoms with Crippen LogP contribution in [0.4, 0.5) is 19.0 Å². The fraction of sp³-hybridized carbons (Fsp3) is 0.300. The van der Waals surface area contributed by atoms with E-state index in [1.807, 2.05) is 17.0 Å². The fourth-order valence-corrected chi connectivity index (χ4v) is 9.83. The van der Waals surface area contributed by atoms with Crippen molar-refractivity contribution < 1.29 is 35.1 Å². The lowest BCUT2D eigenvalue weighted by Crippen LogP contribution is -2.48. The fourth-order valence-electron chi connectivity index (χ4n) is 6.16. The van der Waals surface area contributed by atoms with Crippen LogP contribution in [-0.2, 0) is 31.9 Å². The van der Waals surface area contributed by atoms with Crippen LogP contribution in [0.5, 0.6) is 11.5 Å². The van der Waals surface area contributed by atoms with Crippen molar-refractivity contribution in [3.8, 4) is 11.5 Å². The maximum Gasteiger partial charge on any atom is 0.261 e. The number of methoxy groups -OCH3 is 2. The van der Waals surface area contributed by atoms with Crippen molar-refractivity contribution >= 4 is 63.1 Å². The zero-order valence-corrected chi connectivity index (χ0v) is 37.2. The lowest BCUT2D eigenvalue weighted by atomic mass is 10.1. The van der Waals surface area contributed by atoms with Crippen LogP contribution in [0.25, 0.3) is 0 Å². The third kappa shape index (κ3) is 13.1. The van der Waals surface area contributed by atoms with E-state index in [9.17, 15) is 25.6 Å². The van der Waals surface area contributed by atoms with Crippen molar-refractivity contribution in [3.05, 3.63) is 131 Å². The van der Waals surface area contributed by atoms with Gasteiger partial charge in [0.2, 0.25) is 20.3 Å². The van der Waals surface area contributed by atoms with Gasteiger partial charge in [0.25, 0.3) is 9.05 Å². The summed E-state index contributed by atoms with van der Waals surface area (Å²) in [6.07, 6.45) is 1.04. The Morgan fingerprint density at radius 2 is 1.08 bits per heavy atom. The summed E-state index contributed by atoms with van der Waals surface area (Å²) in [4.78, 5) is 13.7. The minimum absolute atomic E-state index is 0.0740. The number of piperazine rings is 2. The van der Waals surface area contributed by atoms with E-state index in [2.05, 4.69) is 28.9 Å². The molecule has 21 heteroatoms. The van der Waals surface area contributed by atoms with E-state index in [1.165, 1.54) is 83.0 Å². The van der Waals surface area contributed by atoms with Gasteiger partial charge in [-0.1, -0.05) is 24.3 Å². The maximum absolute atomic E-state index is 13.4. The molecule has 4 heterocycles.